The van der Waals surface area contributed by atoms with Crippen LogP contribution in [-0.4, -0.2) is 43.9 Å². The topological polar surface area (TPSA) is 90.4 Å². The predicted octanol–water partition coefficient (Wildman–Crippen LogP) is 3.68. The normalized spacial score (nSPS) is 15.2. The molecular formula is C23H21FN4O3S. The van der Waals surface area contributed by atoms with Gasteiger partial charge in [-0.3, -0.25) is 0 Å². The van der Waals surface area contributed by atoms with Gasteiger partial charge in [0.15, 0.2) is 0 Å². The second-order valence-corrected chi connectivity index (χ2v) is 9.30. The van der Waals surface area contributed by atoms with E-state index in [1.54, 1.807) is 6.08 Å². The number of aryl methyl sites for hydroxylation is 1. The van der Waals surface area contributed by atoms with Crippen LogP contribution in [0.3, 0.4) is 0 Å². The molecule has 1 aliphatic rings. The van der Waals surface area contributed by atoms with Gasteiger partial charge in [-0.1, -0.05) is 30.3 Å². The van der Waals surface area contributed by atoms with E-state index in [9.17, 15) is 18.1 Å². The molecule has 2 heterocycles. The van der Waals surface area contributed by atoms with Crippen LogP contribution in [0.15, 0.2) is 57.8 Å². The predicted molar refractivity (Wildman–Crippen MR) is 119 cm³/mol. The molecule has 0 atom stereocenters. The zero-order valence-corrected chi connectivity index (χ0v) is 18.2. The molecule has 0 bridgehead atoms. The molecule has 32 heavy (non-hydrogen) atoms. The number of oxazole rings is 1. The number of nitriles is 1. The first-order valence-electron chi connectivity index (χ1n) is 10.0. The Morgan fingerprint density at radius 2 is 1.81 bits per heavy atom. The molecule has 0 N–H and O–H groups in total. The lowest BCUT2D eigenvalue weighted by Gasteiger charge is -2.33. The Kier molecular flexibility index (Phi) is 6.08. The van der Waals surface area contributed by atoms with Crippen molar-refractivity contribution < 1.29 is 17.2 Å². The van der Waals surface area contributed by atoms with Crippen LogP contribution in [0.1, 0.15) is 22.7 Å². The van der Waals surface area contributed by atoms with Crippen LogP contribution >= 0.6 is 0 Å². The van der Waals surface area contributed by atoms with Gasteiger partial charge >= 0.3 is 0 Å². The lowest BCUT2D eigenvalue weighted by molar-refractivity contribution is 0.373. The second-order valence-electron chi connectivity index (χ2n) is 7.36. The van der Waals surface area contributed by atoms with Crippen molar-refractivity contribution in [1.82, 2.24) is 9.29 Å². The minimum Gasteiger partial charge on any atom is -0.420 e. The van der Waals surface area contributed by atoms with Crippen LogP contribution < -0.4 is 4.90 Å². The number of anilines is 1. The molecule has 0 unspecified atom stereocenters. The number of hydrogen-bond donors (Lipinski definition) is 0. The second kappa shape index (κ2) is 8.94. The summed E-state index contributed by atoms with van der Waals surface area (Å²) in [7, 11) is -3.74. The Morgan fingerprint density at radius 1 is 1.09 bits per heavy atom. The molecule has 0 radical (unpaired) electrons. The Hall–Kier alpha value is -3.48. The van der Waals surface area contributed by atoms with Crippen LogP contribution in [0.2, 0.25) is 0 Å². The number of aromatic nitrogens is 1. The Morgan fingerprint density at radius 3 is 2.47 bits per heavy atom. The number of nitrogens with zero attached hydrogens (tertiary/aromatic N) is 4. The summed E-state index contributed by atoms with van der Waals surface area (Å²) in [6, 6.07) is 15.5. The van der Waals surface area contributed by atoms with Crippen molar-refractivity contribution in [3.63, 3.8) is 0 Å². The summed E-state index contributed by atoms with van der Waals surface area (Å²) in [5.41, 5.74) is 1.41. The molecule has 1 fully saturated rings. The maximum Gasteiger partial charge on any atom is 0.243 e. The first-order valence-corrected chi connectivity index (χ1v) is 11.5. The van der Waals surface area contributed by atoms with Gasteiger partial charge in [-0.05, 0) is 42.3 Å². The van der Waals surface area contributed by atoms with Gasteiger partial charge in [-0.2, -0.15) is 14.6 Å². The molecule has 1 aromatic heterocycles. The molecule has 0 amide bonds. The van der Waals surface area contributed by atoms with Crippen LogP contribution in [0.4, 0.5) is 10.3 Å². The van der Waals surface area contributed by atoms with Crippen molar-refractivity contribution in [2.24, 2.45) is 0 Å². The lowest BCUT2D eigenvalue weighted by atomic mass is 10.2. The van der Waals surface area contributed by atoms with E-state index in [0.717, 1.165) is 11.6 Å². The molecule has 2 aromatic carbocycles. The molecule has 4 rings (SSSR count). The number of halogens is 1. The first kappa shape index (κ1) is 21.7. The standard InChI is InChI=1S/C23H21FN4O3S/c1-17-15-19(8-9-20(17)24)32(29,30)28-13-11-27(12-14-28)23-21(16-25)26-22(31-23)10-7-18-5-3-2-4-6-18/h2-10,15H,11-14H2,1H3. The highest BCUT2D eigenvalue weighted by Gasteiger charge is 2.31. The molecule has 1 saturated heterocycles. The van der Waals surface area contributed by atoms with Gasteiger partial charge in [-0.15, -0.1) is 0 Å². The van der Waals surface area contributed by atoms with Gasteiger partial charge in [0.05, 0.1) is 4.90 Å². The minimum atomic E-state index is -3.74. The number of rotatable bonds is 5. The van der Waals surface area contributed by atoms with E-state index in [0.29, 0.717) is 24.9 Å². The van der Waals surface area contributed by atoms with Gasteiger partial charge < -0.3 is 9.32 Å². The van der Waals surface area contributed by atoms with Crippen molar-refractivity contribution >= 4 is 28.1 Å². The maximum atomic E-state index is 13.5. The highest BCUT2D eigenvalue weighted by Crippen LogP contribution is 2.26. The SMILES string of the molecule is Cc1cc(S(=O)(=O)N2CCN(c3oc(C=Cc4ccccc4)nc3C#N)CC2)ccc1F. The lowest BCUT2D eigenvalue weighted by Crippen LogP contribution is -2.48. The number of hydrogen-bond acceptors (Lipinski definition) is 6. The van der Waals surface area contributed by atoms with Crippen molar-refractivity contribution in [2.75, 3.05) is 31.1 Å². The average Bonchev–Trinajstić information content (AvgIpc) is 3.23. The number of benzene rings is 2. The summed E-state index contributed by atoms with van der Waals surface area (Å²) in [6.45, 7) is 2.62. The fourth-order valence-electron chi connectivity index (χ4n) is 3.48. The third-order valence-electron chi connectivity index (χ3n) is 5.24. The summed E-state index contributed by atoms with van der Waals surface area (Å²) in [6.07, 6.45) is 3.53. The van der Waals surface area contributed by atoms with E-state index in [1.165, 1.54) is 23.4 Å². The molecule has 3 aromatic rings. The zero-order chi connectivity index (χ0) is 22.7. The van der Waals surface area contributed by atoms with Gasteiger partial charge in [-0.25, -0.2) is 12.8 Å². The zero-order valence-electron chi connectivity index (χ0n) is 17.4. The van der Waals surface area contributed by atoms with Gasteiger partial charge in [0.25, 0.3) is 0 Å². The van der Waals surface area contributed by atoms with Gasteiger partial charge in [0, 0.05) is 32.3 Å². The third kappa shape index (κ3) is 4.42. The molecule has 0 saturated carbocycles. The molecule has 1 aliphatic heterocycles. The van der Waals surface area contributed by atoms with E-state index in [4.69, 9.17) is 4.42 Å². The largest absolute Gasteiger partial charge is 0.420 e. The maximum absolute atomic E-state index is 13.5. The number of piperazine rings is 1. The highest BCUT2D eigenvalue weighted by atomic mass is 32.2. The average molecular weight is 453 g/mol. The molecule has 164 valence electrons. The van der Waals surface area contributed by atoms with Crippen LogP contribution in [0.5, 0.6) is 0 Å². The third-order valence-corrected chi connectivity index (χ3v) is 7.14. The van der Waals surface area contributed by atoms with E-state index < -0.39 is 15.8 Å². The molecule has 0 spiro atoms. The van der Waals surface area contributed by atoms with E-state index in [-0.39, 0.29) is 29.2 Å². The summed E-state index contributed by atoms with van der Waals surface area (Å²) in [4.78, 5) is 6.11. The smallest absolute Gasteiger partial charge is 0.243 e. The van der Waals surface area contributed by atoms with Crippen molar-refractivity contribution in [2.45, 2.75) is 11.8 Å². The minimum absolute atomic E-state index is 0.0653. The van der Waals surface area contributed by atoms with Gasteiger partial charge in [0.2, 0.25) is 27.5 Å². The summed E-state index contributed by atoms with van der Waals surface area (Å²) in [5, 5.41) is 9.47. The fourth-order valence-corrected chi connectivity index (χ4v) is 4.98. The van der Waals surface area contributed by atoms with Crippen molar-refractivity contribution in [3.8, 4) is 6.07 Å². The molecule has 7 nitrogen and oxygen atoms in total. The summed E-state index contributed by atoms with van der Waals surface area (Å²) in [5.74, 6) is 0.187. The van der Waals surface area contributed by atoms with Crippen molar-refractivity contribution in [3.05, 3.63) is 77.1 Å². The van der Waals surface area contributed by atoms with Crippen LogP contribution in [0, 0.1) is 24.1 Å². The van der Waals surface area contributed by atoms with Crippen LogP contribution in [-0.2, 0) is 10.0 Å². The first-order chi connectivity index (χ1) is 15.4. The summed E-state index contributed by atoms with van der Waals surface area (Å²) < 4.78 is 46.5. The van der Waals surface area contributed by atoms with E-state index in [1.807, 2.05) is 47.4 Å². The molecule has 9 heteroatoms. The quantitative estimate of drug-likeness (QED) is 0.587. The van der Waals surface area contributed by atoms with E-state index >= 15 is 0 Å². The van der Waals surface area contributed by atoms with E-state index in [2.05, 4.69) is 4.98 Å². The highest BCUT2D eigenvalue weighted by molar-refractivity contribution is 7.89. The molecular weight excluding hydrogens is 431 g/mol. The molecule has 0 aliphatic carbocycles. The Bertz CT molecular complexity index is 1290. The van der Waals surface area contributed by atoms with Crippen LogP contribution in [0.25, 0.3) is 12.2 Å². The summed E-state index contributed by atoms with van der Waals surface area (Å²) >= 11 is 0. The Labute approximate surface area is 186 Å². The Balaban J connectivity index is 1.48. The fraction of sp³-hybridized carbons (Fsp3) is 0.217. The van der Waals surface area contributed by atoms with Crippen molar-refractivity contribution in [1.29, 1.82) is 5.26 Å². The monoisotopic (exact) mass is 452 g/mol. The van der Waals surface area contributed by atoms with Gasteiger partial charge in [0.1, 0.15) is 11.9 Å². The number of sulfonamides is 1.